The van der Waals surface area contributed by atoms with Crippen LogP contribution in [0.2, 0.25) is 0 Å². The number of carbonyl (C=O) groups excluding carboxylic acids is 1. The Balaban J connectivity index is 0.00000261. The minimum absolute atomic E-state index is 0. The number of alkyl halides is 2. The SMILES string of the molecule is CCOc1cc([C@H]2NC(=O)OCC2(F)F)ccc1OCc1ccccc1.Cl. The van der Waals surface area contributed by atoms with E-state index in [1.165, 1.54) is 12.1 Å². The molecule has 0 aromatic heterocycles. The van der Waals surface area contributed by atoms with E-state index >= 15 is 0 Å². The van der Waals surface area contributed by atoms with Crippen LogP contribution in [-0.2, 0) is 11.3 Å². The summed E-state index contributed by atoms with van der Waals surface area (Å²) in [6.07, 6.45) is -0.872. The van der Waals surface area contributed by atoms with E-state index < -0.39 is 24.7 Å². The van der Waals surface area contributed by atoms with Gasteiger partial charge in [-0.3, -0.25) is 0 Å². The Morgan fingerprint density at radius 3 is 2.59 bits per heavy atom. The molecular weight excluding hydrogens is 380 g/mol. The maximum atomic E-state index is 14.1. The number of ether oxygens (including phenoxy) is 3. The lowest BCUT2D eigenvalue weighted by Crippen LogP contribution is -2.49. The molecule has 0 aliphatic carbocycles. The molecular formula is C19H20ClF2NO4. The predicted molar refractivity (Wildman–Crippen MR) is 97.8 cm³/mol. The first kappa shape index (κ1) is 20.8. The Morgan fingerprint density at radius 2 is 1.89 bits per heavy atom. The number of carbonyl (C=O) groups is 1. The highest BCUT2D eigenvalue weighted by atomic mass is 35.5. The van der Waals surface area contributed by atoms with Gasteiger partial charge in [-0.1, -0.05) is 36.4 Å². The second-order valence-electron chi connectivity index (χ2n) is 5.83. The summed E-state index contributed by atoms with van der Waals surface area (Å²) >= 11 is 0. The van der Waals surface area contributed by atoms with Gasteiger partial charge in [0, 0.05) is 0 Å². The summed E-state index contributed by atoms with van der Waals surface area (Å²) in [5, 5.41) is 2.16. The molecule has 2 aromatic carbocycles. The molecule has 2 aromatic rings. The first-order valence-electron chi connectivity index (χ1n) is 8.24. The summed E-state index contributed by atoms with van der Waals surface area (Å²) in [7, 11) is 0. The van der Waals surface area contributed by atoms with E-state index in [9.17, 15) is 13.6 Å². The molecule has 0 saturated carbocycles. The van der Waals surface area contributed by atoms with Crippen LogP contribution in [-0.4, -0.2) is 25.2 Å². The summed E-state index contributed by atoms with van der Waals surface area (Å²) in [4.78, 5) is 11.3. The van der Waals surface area contributed by atoms with Gasteiger partial charge in [0.15, 0.2) is 18.1 Å². The Kier molecular flexibility index (Phi) is 6.85. The second-order valence-corrected chi connectivity index (χ2v) is 5.83. The molecule has 1 atom stereocenters. The number of alkyl carbamates (subject to hydrolysis) is 1. The van der Waals surface area contributed by atoms with Gasteiger partial charge < -0.3 is 19.5 Å². The van der Waals surface area contributed by atoms with E-state index in [1.807, 2.05) is 30.3 Å². The minimum atomic E-state index is -3.22. The van der Waals surface area contributed by atoms with Gasteiger partial charge in [0.25, 0.3) is 0 Å². The van der Waals surface area contributed by atoms with E-state index in [0.717, 1.165) is 5.56 Å². The zero-order valence-corrected chi connectivity index (χ0v) is 15.4. The van der Waals surface area contributed by atoms with Crippen LogP contribution < -0.4 is 14.8 Å². The van der Waals surface area contributed by atoms with Gasteiger partial charge in [0.1, 0.15) is 12.6 Å². The lowest BCUT2D eigenvalue weighted by molar-refractivity contribution is -0.104. The normalized spacial score (nSPS) is 17.9. The summed E-state index contributed by atoms with van der Waals surface area (Å²) in [6, 6.07) is 12.6. The lowest BCUT2D eigenvalue weighted by atomic mass is 9.99. The number of amides is 1. The minimum Gasteiger partial charge on any atom is -0.490 e. The smallest absolute Gasteiger partial charge is 0.408 e. The van der Waals surface area contributed by atoms with Crippen LogP contribution in [0, 0.1) is 0 Å². The third-order valence-corrected chi connectivity index (χ3v) is 3.92. The second kappa shape index (κ2) is 8.90. The van der Waals surface area contributed by atoms with Crippen LogP contribution >= 0.6 is 12.4 Å². The highest BCUT2D eigenvalue weighted by Gasteiger charge is 2.47. The summed E-state index contributed by atoms with van der Waals surface area (Å²) in [5.41, 5.74) is 1.20. The number of hydrogen-bond donors (Lipinski definition) is 1. The maximum absolute atomic E-state index is 14.1. The van der Waals surface area contributed by atoms with Crippen molar-refractivity contribution in [1.82, 2.24) is 5.32 Å². The molecule has 146 valence electrons. The zero-order valence-electron chi connectivity index (χ0n) is 14.6. The molecule has 0 spiro atoms. The molecule has 1 saturated heterocycles. The number of halogens is 3. The van der Waals surface area contributed by atoms with Crippen molar-refractivity contribution in [2.24, 2.45) is 0 Å². The monoisotopic (exact) mass is 399 g/mol. The quantitative estimate of drug-likeness (QED) is 0.776. The van der Waals surface area contributed by atoms with E-state index in [0.29, 0.717) is 24.7 Å². The standard InChI is InChI=1S/C19H19F2NO4.ClH/c1-2-24-16-10-14(17-19(20,21)12-26-18(23)22-17)8-9-15(16)25-11-13-6-4-3-5-7-13;/h3-10,17H,2,11-12H2,1H3,(H,22,23);1H/t17-;/m1./s1. The van der Waals surface area contributed by atoms with Crippen molar-refractivity contribution in [3.8, 4) is 11.5 Å². The molecule has 5 nitrogen and oxygen atoms in total. The van der Waals surface area contributed by atoms with Crippen molar-refractivity contribution in [3.63, 3.8) is 0 Å². The average Bonchev–Trinajstić information content (AvgIpc) is 2.64. The summed E-state index contributed by atoms with van der Waals surface area (Å²) in [5.74, 6) is -2.43. The van der Waals surface area contributed by atoms with Crippen LogP contribution in [0.25, 0.3) is 0 Å². The average molecular weight is 400 g/mol. The Bertz CT molecular complexity index is 774. The lowest BCUT2D eigenvalue weighted by Gasteiger charge is -2.32. The molecule has 1 aliphatic rings. The highest BCUT2D eigenvalue weighted by Crippen LogP contribution is 2.38. The molecule has 3 rings (SSSR count). The number of cyclic esters (lactones) is 1. The molecule has 27 heavy (non-hydrogen) atoms. The Labute approximate surface area is 162 Å². The number of benzene rings is 2. The van der Waals surface area contributed by atoms with Gasteiger partial charge in [0.2, 0.25) is 0 Å². The number of hydrogen-bond acceptors (Lipinski definition) is 4. The van der Waals surface area contributed by atoms with Gasteiger partial charge in [0.05, 0.1) is 6.61 Å². The Morgan fingerprint density at radius 1 is 1.15 bits per heavy atom. The number of rotatable bonds is 6. The molecule has 1 amide bonds. The van der Waals surface area contributed by atoms with Gasteiger partial charge in [-0.15, -0.1) is 12.4 Å². The van der Waals surface area contributed by atoms with Crippen LogP contribution in [0.4, 0.5) is 13.6 Å². The van der Waals surface area contributed by atoms with Crippen molar-refractivity contribution in [1.29, 1.82) is 0 Å². The van der Waals surface area contributed by atoms with Crippen LogP contribution in [0.5, 0.6) is 11.5 Å². The van der Waals surface area contributed by atoms with E-state index in [4.69, 9.17) is 9.47 Å². The number of nitrogens with one attached hydrogen (secondary N) is 1. The third-order valence-electron chi connectivity index (χ3n) is 3.92. The van der Waals surface area contributed by atoms with E-state index in [1.54, 1.807) is 13.0 Å². The van der Waals surface area contributed by atoms with Crippen molar-refractivity contribution >= 4 is 18.5 Å². The fourth-order valence-electron chi connectivity index (χ4n) is 2.66. The molecule has 0 unspecified atom stereocenters. The molecule has 0 bridgehead atoms. The third kappa shape index (κ3) is 5.01. The van der Waals surface area contributed by atoms with Crippen molar-refractivity contribution in [3.05, 3.63) is 59.7 Å². The fraction of sp³-hybridized carbons (Fsp3) is 0.316. The molecule has 1 aliphatic heterocycles. The largest absolute Gasteiger partial charge is 0.490 e. The van der Waals surface area contributed by atoms with Gasteiger partial charge >= 0.3 is 12.0 Å². The fourth-order valence-corrected chi connectivity index (χ4v) is 2.66. The molecule has 8 heteroatoms. The zero-order chi connectivity index (χ0) is 18.6. The molecule has 1 heterocycles. The maximum Gasteiger partial charge on any atom is 0.408 e. The van der Waals surface area contributed by atoms with Crippen molar-refractivity contribution in [2.45, 2.75) is 25.5 Å². The van der Waals surface area contributed by atoms with Gasteiger partial charge in [-0.25, -0.2) is 13.6 Å². The van der Waals surface area contributed by atoms with E-state index in [2.05, 4.69) is 10.1 Å². The van der Waals surface area contributed by atoms with Gasteiger partial charge in [-0.2, -0.15) is 0 Å². The summed E-state index contributed by atoms with van der Waals surface area (Å²) in [6.45, 7) is 1.50. The van der Waals surface area contributed by atoms with Crippen molar-refractivity contribution < 1.29 is 27.8 Å². The van der Waals surface area contributed by atoms with Crippen molar-refractivity contribution in [2.75, 3.05) is 13.2 Å². The highest BCUT2D eigenvalue weighted by molar-refractivity contribution is 5.85. The Hall–Kier alpha value is -2.54. The topological polar surface area (TPSA) is 56.8 Å². The van der Waals surface area contributed by atoms with Crippen LogP contribution in [0.15, 0.2) is 48.5 Å². The first-order valence-corrected chi connectivity index (χ1v) is 8.24. The molecule has 0 radical (unpaired) electrons. The van der Waals surface area contributed by atoms with Crippen LogP contribution in [0.3, 0.4) is 0 Å². The first-order chi connectivity index (χ1) is 12.5. The summed E-state index contributed by atoms with van der Waals surface area (Å²) < 4.78 is 43.9. The molecule has 1 N–H and O–H groups in total. The van der Waals surface area contributed by atoms with Gasteiger partial charge in [-0.05, 0) is 30.2 Å². The van der Waals surface area contributed by atoms with Crippen LogP contribution in [0.1, 0.15) is 24.1 Å². The predicted octanol–water partition coefficient (Wildman–Crippen LogP) is 4.50. The molecule has 1 fully saturated rings. The van der Waals surface area contributed by atoms with E-state index in [-0.39, 0.29) is 18.0 Å².